The first-order valence-electron chi connectivity index (χ1n) is 13.1. The molecule has 1 N–H and O–H groups in total. The fourth-order valence-corrected chi connectivity index (χ4v) is 5.56. The second-order valence-electron chi connectivity index (χ2n) is 10.5. The highest BCUT2D eigenvalue weighted by Crippen LogP contribution is 2.52. The molecule has 2 fully saturated rings. The topological polar surface area (TPSA) is 77.4 Å². The van der Waals surface area contributed by atoms with E-state index in [1.54, 1.807) is 0 Å². The van der Waals surface area contributed by atoms with Crippen LogP contribution in [-0.4, -0.2) is 66.1 Å². The van der Waals surface area contributed by atoms with Crippen LogP contribution in [0.25, 0.3) is 0 Å². The lowest BCUT2D eigenvalue weighted by Gasteiger charge is -2.42. The molecular formula is C28H32F3N5O2. The van der Waals surface area contributed by atoms with E-state index in [0.717, 1.165) is 63.0 Å². The van der Waals surface area contributed by atoms with Gasteiger partial charge < -0.3 is 15.1 Å². The quantitative estimate of drug-likeness (QED) is 0.597. The molecule has 0 radical (unpaired) electrons. The van der Waals surface area contributed by atoms with Crippen LogP contribution in [0, 0.1) is 6.92 Å². The molecule has 2 aromatic rings. The molecule has 0 atom stereocenters. The average Bonchev–Trinajstić information content (AvgIpc) is 3.72. The first-order chi connectivity index (χ1) is 18.1. The maximum absolute atomic E-state index is 13.2. The van der Waals surface area contributed by atoms with E-state index in [-0.39, 0.29) is 23.4 Å². The van der Waals surface area contributed by atoms with E-state index in [1.165, 1.54) is 24.3 Å². The van der Waals surface area contributed by atoms with Gasteiger partial charge in [-0.05, 0) is 50.3 Å². The Labute approximate surface area is 220 Å². The molecule has 202 valence electrons. The van der Waals surface area contributed by atoms with E-state index in [4.69, 9.17) is 0 Å². The number of halogens is 3. The number of carbonyl (C=O) groups is 2. The Balaban J connectivity index is 1.05. The van der Waals surface area contributed by atoms with Crippen LogP contribution >= 0.6 is 0 Å². The molecule has 0 aliphatic carbocycles. The van der Waals surface area contributed by atoms with Crippen LogP contribution in [-0.2, 0) is 16.9 Å². The normalized spacial score (nSPS) is 20.4. The lowest BCUT2D eigenvalue weighted by molar-refractivity contribution is -0.166. The van der Waals surface area contributed by atoms with Crippen molar-refractivity contribution in [2.24, 2.45) is 10.2 Å². The van der Waals surface area contributed by atoms with Crippen LogP contribution in [0.3, 0.4) is 0 Å². The summed E-state index contributed by atoms with van der Waals surface area (Å²) in [6, 6.07) is 13.8. The van der Waals surface area contributed by atoms with Crippen molar-refractivity contribution in [1.29, 1.82) is 0 Å². The van der Waals surface area contributed by atoms with E-state index in [2.05, 4.69) is 26.5 Å². The van der Waals surface area contributed by atoms with Crippen molar-refractivity contribution in [3.8, 4) is 0 Å². The van der Waals surface area contributed by atoms with Crippen molar-refractivity contribution in [1.82, 2.24) is 15.1 Å². The minimum atomic E-state index is -4.59. The van der Waals surface area contributed by atoms with E-state index < -0.39 is 11.8 Å². The highest BCUT2D eigenvalue weighted by atomic mass is 19.4. The lowest BCUT2D eigenvalue weighted by Crippen LogP contribution is -2.52. The SMILES string of the molecule is Cc1cccc(CC(=O)N2CCC(N3CCC(NC(=O)c4ccc(C5(C(F)(F)F)N=N5)cc4)CC3)CC2)c1. The maximum Gasteiger partial charge on any atom is 0.442 e. The summed E-state index contributed by atoms with van der Waals surface area (Å²) >= 11 is 0. The second kappa shape index (κ2) is 10.5. The van der Waals surface area contributed by atoms with Gasteiger partial charge in [-0.25, -0.2) is 0 Å². The molecule has 0 unspecified atom stereocenters. The van der Waals surface area contributed by atoms with Crippen LogP contribution in [0.1, 0.15) is 52.7 Å². The molecule has 5 rings (SSSR count). The van der Waals surface area contributed by atoms with Gasteiger partial charge in [-0.2, -0.15) is 13.2 Å². The Morgan fingerprint density at radius 3 is 2.21 bits per heavy atom. The monoisotopic (exact) mass is 527 g/mol. The third kappa shape index (κ3) is 5.60. The van der Waals surface area contributed by atoms with Gasteiger partial charge in [-0.15, -0.1) is 10.2 Å². The summed E-state index contributed by atoms with van der Waals surface area (Å²) < 4.78 is 39.5. The molecule has 2 amide bonds. The second-order valence-corrected chi connectivity index (χ2v) is 10.5. The summed E-state index contributed by atoms with van der Waals surface area (Å²) in [4.78, 5) is 29.9. The Kier molecular flexibility index (Phi) is 7.26. The number of amides is 2. The van der Waals surface area contributed by atoms with E-state index in [1.807, 2.05) is 30.0 Å². The minimum Gasteiger partial charge on any atom is -0.349 e. The molecule has 3 aliphatic rings. The number of hydrogen-bond acceptors (Lipinski definition) is 5. The molecule has 10 heteroatoms. The fraction of sp³-hybridized carbons (Fsp3) is 0.500. The number of nitrogens with one attached hydrogen (secondary N) is 1. The van der Waals surface area contributed by atoms with Crippen molar-refractivity contribution in [3.05, 3.63) is 70.8 Å². The van der Waals surface area contributed by atoms with Crippen molar-refractivity contribution >= 4 is 11.8 Å². The van der Waals surface area contributed by atoms with Gasteiger partial charge in [0.1, 0.15) is 0 Å². The van der Waals surface area contributed by atoms with Gasteiger partial charge >= 0.3 is 11.8 Å². The van der Waals surface area contributed by atoms with Crippen molar-refractivity contribution in [2.75, 3.05) is 26.2 Å². The van der Waals surface area contributed by atoms with Gasteiger partial charge in [0.15, 0.2) is 0 Å². The van der Waals surface area contributed by atoms with Gasteiger partial charge in [0.25, 0.3) is 5.91 Å². The average molecular weight is 528 g/mol. The Morgan fingerprint density at radius 2 is 1.63 bits per heavy atom. The molecule has 38 heavy (non-hydrogen) atoms. The van der Waals surface area contributed by atoms with Crippen LogP contribution in [0.2, 0.25) is 0 Å². The third-order valence-corrected chi connectivity index (χ3v) is 7.88. The smallest absolute Gasteiger partial charge is 0.349 e. The molecule has 7 nitrogen and oxygen atoms in total. The number of benzene rings is 2. The number of aryl methyl sites for hydroxylation is 1. The van der Waals surface area contributed by atoms with Crippen LogP contribution in [0.4, 0.5) is 13.2 Å². The number of likely N-dealkylation sites (tertiary alicyclic amines) is 2. The standard InChI is InChI=1S/C28H32F3N5O2/c1-19-3-2-4-20(17-19)18-25(37)36-15-11-24(12-16-36)35-13-9-23(10-14-35)32-26(38)21-5-7-22(8-6-21)27(33-34-27)28(29,30)31/h2-8,17,23-24H,9-16,18H2,1H3,(H,32,38). The van der Waals surface area contributed by atoms with Crippen molar-refractivity contribution in [2.45, 2.75) is 63.0 Å². The number of piperidine rings is 2. The highest BCUT2D eigenvalue weighted by Gasteiger charge is 2.65. The van der Waals surface area contributed by atoms with Crippen LogP contribution in [0.15, 0.2) is 58.8 Å². The van der Waals surface area contributed by atoms with Gasteiger partial charge in [-0.3, -0.25) is 9.59 Å². The lowest BCUT2D eigenvalue weighted by atomic mass is 9.97. The van der Waals surface area contributed by atoms with Crippen molar-refractivity contribution in [3.63, 3.8) is 0 Å². The highest BCUT2D eigenvalue weighted by molar-refractivity contribution is 5.94. The predicted molar refractivity (Wildman–Crippen MR) is 136 cm³/mol. The summed E-state index contributed by atoms with van der Waals surface area (Å²) in [6.45, 7) is 5.28. The zero-order valence-corrected chi connectivity index (χ0v) is 21.4. The van der Waals surface area contributed by atoms with Gasteiger partial charge in [-0.1, -0.05) is 42.0 Å². The van der Waals surface area contributed by atoms with Crippen LogP contribution < -0.4 is 5.32 Å². The van der Waals surface area contributed by atoms with E-state index in [0.29, 0.717) is 18.0 Å². The van der Waals surface area contributed by atoms with Gasteiger partial charge in [0.05, 0.1) is 6.42 Å². The molecule has 0 bridgehead atoms. The minimum absolute atomic E-state index is 0.0179. The summed E-state index contributed by atoms with van der Waals surface area (Å²) in [5.41, 5.74) is -0.0307. The summed E-state index contributed by atoms with van der Waals surface area (Å²) in [6.07, 6.45) is -0.634. The Bertz CT molecular complexity index is 1190. The van der Waals surface area contributed by atoms with E-state index in [9.17, 15) is 22.8 Å². The van der Waals surface area contributed by atoms with Gasteiger partial charge in [0, 0.05) is 49.4 Å². The summed E-state index contributed by atoms with van der Waals surface area (Å²) in [5, 5.41) is 9.42. The molecule has 0 spiro atoms. The molecule has 0 saturated carbocycles. The zero-order valence-electron chi connectivity index (χ0n) is 21.4. The Hall–Kier alpha value is -3.27. The maximum atomic E-state index is 13.2. The first kappa shape index (κ1) is 26.3. The molecule has 0 aromatic heterocycles. The van der Waals surface area contributed by atoms with Crippen LogP contribution in [0.5, 0.6) is 0 Å². The Morgan fingerprint density at radius 1 is 0.974 bits per heavy atom. The van der Waals surface area contributed by atoms with Crippen molar-refractivity contribution < 1.29 is 22.8 Å². The number of rotatable bonds is 6. The third-order valence-electron chi connectivity index (χ3n) is 7.88. The summed E-state index contributed by atoms with van der Waals surface area (Å²) in [5.74, 6) is -0.112. The molecule has 2 aromatic carbocycles. The number of alkyl halides is 3. The molecule has 2 saturated heterocycles. The number of nitrogens with zero attached hydrogens (tertiary/aromatic N) is 4. The fourth-order valence-electron chi connectivity index (χ4n) is 5.56. The predicted octanol–water partition coefficient (Wildman–Crippen LogP) is 4.60. The first-order valence-corrected chi connectivity index (χ1v) is 13.1. The molecular weight excluding hydrogens is 495 g/mol. The number of carbonyl (C=O) groups excluding carboxylic acids is 2. The summed E-state index contributed by atoms with van der Waals surface area (Å²) in [7, 11) is 0. The zero-order chi connectivity index (χ0) is 26.9. The number of hydrogen-bond donors (Lipinski definition) is 1. The van der Waals surface area contributed by atoms with Gasteiger partial charge in [0.2, 0.25) is 5.91 Å². The largest absolute Gasteiger partial charge is 0.442 e. The molecule has 3 aliphatic heterocycles. The molecule has 3 heterocycles. The van der Waals surface area contributed by atoms with E-state index >= 15 is 0 Å².